The van der Waals surface area contributed by atoms with Gasteiger partial charge in [-0.15, -0.1) is 0 Å². The number of benzene rings is 1. The van der Waals surface area contributed by atoms with Gasteiger partial charge in [-0.3, -0.25) is 4.72 Å². The maximum Gasteiger partial charge on any atom is 0.422 e. The maximum absolute atomic E-state index is 11.4. The van der Waals surface area contributed by atoms with E-state index in [1.165, 1.54) is 0 Å². The Morgan fingerprint density at radius 3 is 2.28 bits per heavy atom. The molecule has 1 rings (SSSR count). The molecule has 0 saturated carbocycles. The highest BCUT2D eigenvalue weighted by atomic mass is 35.5. The molecule has 0 saturated heterocycles. The molecular weight excluding hydrogens is 307 g/mol. The molecule has 100 valence electrons. The van der Waals surface area contributed by atoms with Crippen LogP contribution < -0.4 is 9.44 Å². The Balaban J connectivity index is 2.95. The highest BCUT2D eigenvalue weighted by molar-refractivity contribution is 7.91. The molecule has 0 radical (unpaired) electrons. The SMILES string of the molecule is COC(=O)NS(=O)(=O)Nc1cc(Cl)c(O)c(Cl)c1. The van der Waals surface area contributed by atoms with Crippen molar-refractivity contribution in [2.24, 2.45) is 0 Å². The van der Waals surface area contributed by atoms with Gasteiger partial charge in [-0.05, 0) is 12.1 Å². The van der Waals surface area contributed by atoms with Gasteiger partial charge in [0.15, 0.2) is 5.75 Å². The summed E-state index contributed by atoms with van der Waals surface area (Å²) < 4.78 is 30.5. The predicted octanol–water partition coefficient (Wildman–Crippen LogP) is 1.71. The Morgan fingerprint density at radius 2 is 1.83 bits per heavy atom. The lowest BCUT2D eigenvalue weighted by Gasteiger charge is -2.09. The molecule has 3 N–H and O–H groups in total. The molecule has 18 heavy (non-hydrogen) atoms. The van der Waals surface area contributed by atoms with Crippen LogP contribution in [0.4, 0.5) is 10.5 Å². The highest BCUT2D eigenvalue weighted by Crippen LogP contribution is 2.34. The maximum atomic E-state index is 11.4. The van der Waals surface area contributed by atoms with Crippen LogP contribution in [0.3, 0.4) is 0 Å². The van der Waals surface area contributed by atoms with E-state index in [-0.39, 0.29) is 21.5 Å². The fraction of sp³-hybridized carbons (Fsp3) is 0.125. The van der Waals surface area contributed by atoms with Gasteiger partial charge in [0.2, 0.25) is 0 Å². The van der Waals surface area contributed by atoms with Crippen molar-refractivity contribution in [2.75, 3.05) is 11.8 Å². The lowest BCUT2D eigenvalue weighted by Crippen LogP contribution is -2.35. The summed E-state index contributed by atoms with van der Waals surface area (Å²) in [6.07, 6.45) is -1.15. The van der Waals surface area contributed by atoms with Crippen molar-refractivity contribution < 1.29 is 23.1 Å². The minimum Gasteiger partial charge on any atom is -0.505 e. The molecule has 1 aromatic carbocycles. The monoisotopic (exact) mass is 314 g/mol. The van der Waals surface area contributed by atoms with Crippen LogP contribution in [0.2, 0.25) is 10.0 Å². The normalized spacial score (nSPS) is 10.8. The Hall–Kier alpha value is -1.38. The summed E-state index contributed by atoms with van der Waals surface area (Å²) in [6.45, 7) is 0. The van der Waals surface area contributed by atoms with E-state index in [9.17, 15) is 18.3 Å². The third kappa shape index (κ3) is 3.83. The summed E-state index contributed by atoms with van der Waals surface area (Å²) in [5.41, 5.74) is -0.0285. The lowest BCUT2D eigenvalue weighted by atomic mass is 10.3. The second-order valence-corrected chi connectivity index (χ2v) is 5.22. The Bertz CT molecular complexity index is 552. The largest absolute Gasteiger partial charge is 0.505 e. The third-order valence-electron chi connectivity index (χ3n) is 1.67. The van der Waals surface area contributed by atoms with E-state index in [2.05, 4.69) is 4.74 Å². The number of aromatic hydroxyl groups is 1. The minimum atomic E-state index is -4.17. The molecule has 1 amide bonds. The molecule has 0 fully saturated rings. The first kappa shape index (κ1) is 14.7. The van der Waals surface area contributed by atoms with Crippen LogP contribution in [0.25, 0.3) is 0 Å². The van der Waals surface area contributed by atoms with Crippen molar-refractivity contribution in [3.8, 4) is 5.75 Å². The zero-order valence-electron chi connectivity index (χ0n) is 8.90. The topological polar surface area (TPSA) is 105 Å². The first-order valence-electron chi connectivity index (χ1n) is 4.31. The van der Waals surface area contributed by atoms with Gasteiger partial charge in [0.05, 0.1) is 22.8 Å². The van der Waals surface area contributed by atoms with Crippen LogP contribution in [-0.2, 0) is 14.9 Å². The molecule has 0 aliphatic carbocycles. The van der Waals surface area contributed by atoms with Gasteiger partial charge >= 0.3 is 16.3 Å². The summed E-state index contributed by atoms with van der Waals surface area (Å²) in [5, 5.41) is 9.00. The van der Waals surface area contributed by atoms with E-state index in [4.69, 9.17) is 23.2 Å². The fourth-order valence-corrected chi connectivity index (χ4v) is 2.23. The van der Waals surface area contributed by atoms with Crippen LogP contribution in [0.1, 0.15) is 0 Å². The highest BCUT2D eigenvalue weighted by Gasteiger charge is 2.16. The minimum absolute atomic E-state index is 0.0285. The second-order valence-electron chi connectivity index (χ2n) is 2.99. The number of methoxy groups -OCH3 is 1. The number of halogens is 2. The van der Waals surface area contributed by atoms with Crippen LogP contribution in [0, 0.1) is 0 Å². The van der Waals surface area contributed by atoms with Gasteiger partial charge in [-0.25, -0.2) is 9.52 Å². The first-order valence-corrected chi connectivity index (χ1v) is 6.55. The van der Waals surface area contributed by atoms with E-state index >= 15 is 0 Å². The first-order chi connectivity index (χ1) is 8.25. The Morgan fingerprint density at radius 1 is 1.33 bits per heavy atom. The third-order valence-corrected chi connectivity index (χ3v) is 3.19. The Kier molecular flexibility index (Phi) is 4.49. The van der Waals surface area contributed by atoms with Gasteiger partial charge in [0.1, 0.15) is 0 Å². The summed E-state index contributed by atoms with van der Waals surface area (Å²) in [7, 11) is -3.15. The van der Waals surface area contributed by atoms with Gasteiger partial charge in [-0.2, -0.15) is 8.42 Å². The second kappa shape index (κ2) is 5.51. The average Bonchev–Trinajstić information content (AvgIpc) is 2.24. The van der Waals surface area contributed by atoms with Crippen LogP contribution in [0.15, 0.2) is 12.1 Å². The van der Waals surface area contributed by atoms with Gasteiger partial charge in [0.25, 0.3) is 0 Å². The number of carbonyl (C=O) groups excluding carboxylic acids is 1. The predicted molar refractivity (Wildman–Crippen MR) is 66.2 cm³/mol. The standard InChI is InChI=1S/C8H8Cl2N2O5S/c1-17-8(14)12-18(15,16)11-4-2-5(9)7(13)6(10)3-4/h2-3,11,13H,1H3,(H,12,14). The number of ether oxygens (including phenoxy) is 1. The summed E-state index contributed by atoms with van der Waals surface area (Å²) in [5.74, 6) is -0.373. The molecule has 0 aromatic heterocycles. The van der Waals surface area contributed by atoms with Crippen molar-refractivity contribution in [3.63, 3.8) is 0 Å². The number of nitrogens with one attached hydrogen (secondary N) is 2. The average molecular weight is 315 g/mol. The van der Waals surface area contributed by atoms with Crippen molar-refractivity contribution in [3.05, 3.63) is 22.2 Å². The molecular formula is C8H8Cl2N2O5S. The van der Waals surface area contributed by atoms with Gasteiger partial charge < -0.3 is 9.84 Å². The van der Waals surface area contributed by atoms with Crippen LogP contribution >= 0.6 is 23.2 Å². The molecule has 10 heteroatoms. The lowest BCUT2D eigenvalue weighted by molar-refractivity contribution is 0.177. The van der Waals surface area contributed by atoms with E-state index in [1.54, 1.807) is 4.72 Å². The molecule has 0 unspecified atom stereocenters. The quantitative estimate of drug-likeness (QED) is 0.737. The van der Waals surface area contributed by atoms with E-state index in [0.29, 0.717) is 0 Å². The molecule has 0 bridgehead atoms. The molecule has 0 spiro atoms. The smallest absolute Gasteiger partial charge is 0.422 e. The number of hydrogen-bond acceptors (Lipinski definition) is 5. The molecule has 1 aromatic rings. The molecule has 0 aliphatic heterocycles. The fourth-order valence-electron chi connectivity index (χ4n) is 0.956. The number of carbonyl (C=O) groups is 1. The van der Waals surface area contributed by atoms with Crippen molar-refractivity contribution in [2.45, 2.75) is 0 Å². The van der Waals surface area contributed by atoms with Gasteiger partial charge in [-0.1, -0.05) is 23.2 Å². The van der Waals surface area contributed by atoms with E-state index in [0.717, 1.165) is 19.2 Å². The number of phenolic OH excluding ortho intramolecular Hbond substituents is 1. The molecule has 0 atom stereocenters. The van der Waals surface area contributed by atoms with E-state index in [1.807, 2.05) is 4.72 Å². The van der Waals surface area contributed by atoms with Crippen LogP contribution in [-0.4, -0.2) is 26.7 Å². The number of amides is 1. The van der Waals surface area contributed by atoms with E-state index < -0.39 is 16.3 Å². The summed E-state index contributed by atoms with van der Waals surface area (Å²) in [6, 6.07) is 2.25. The number of hydrogen-bond donors (Lipinski definition) is 3. The van der Waals surface area contributed by atoms with Crippen molar-refractivity contribution in [1.29, 1.82) is 0 Å². The number of anilines is 1. The summed E-state index contributed by atoms with van der Waals surface area (Å²) in [4.78, 5) is 10.8. The Labute approximate surface area is 113 Å². The zero-order chi connectivity index (χ0) is 13.9. The molecule has 0 aliphatic rings. The molecule has 0 heterocycles. The van der Waals surface area contributed by atoms with Crippen LogP contribution in [0.5, 0.6) is 5.75 Å². The molecule has 7 nitrogen and oxygen atoms in total. The zero-order valence-corrected chi connectivity index (χ0v) is 11.2. The van der Waals surface area contributed by atoms with Crippen molar-refractivity contribution in [1.82, 2.24) is 4.72 Å². The van der Waals surface area contributed by atoms with Crippen molar-refractivity contribution >= 4 is 45.2 Å². The summed E-state index contributed by atoms with van der Waals surface area (Å²) >= 11 is 11.2. The number of phenols is 1. The van der Waals surface area contributed by atoms with Gasteiger partial charge in [0, 0.05) is 0 Å². The number of rotatable bonds is 3.